The van der Waals surface area contributed by atoms with Crippen LogP contribution in [0.5, 0.6) is 5.75 Å². The standard InChI is InChI=1S/C19H20N2O/c1-2-5-14(6-3-1)17-12-21-13-19(17)22-18-8-4-7-15-11-20-10-9-16(15)18/h1-5,7-11,14,17,19,21H,6,12-13H2/t14?,17-,19-/m0/s1. The summed E-state index contributed by atoms with van der Waals surface area (Å²) in [6.45, 7) is 1.94. The number of hydrogen-bond acceptors (Lipinski definition) is 3. The van der Waals surface area contributed by atoms with Crippen LogP contribution >= 0.6 is 0 Å². The smallest absolute Gasteiger partial charge is 0.127 e. The summed E-state index contributed by atoms with van der Waals surface area (Å²) in [5, 5.41) is 5.76. The van der Waals surface area contributed by atoms with Gasteiger partial charge in [-0.25, -0.2) is 0 Å². The Labute approximate surface area is 130 Å². The van der Waals surface area contributed by atoms with E-state index in [0.717, 1.165) is 36.0 Å². The number of pyridine rings is 1. The van der Waals surface area contributed by atoms with Crippen molar-refractivity contribution in [1.29, 1.82) is 0 Å². The molecular formula is C19H20N2O. The van der Waals surface area contributed by atoms with Crippen LogP contribution in [0.3, 0.4) is 0 Å². The first-order valence-electron chi connectivity index (χ1n) is 7.95. The topological polar surface area (TPSA) is 34.1 Å². The van der Waals surface area contributed by atoms with Crippen molar-refractivity contribution in [3.05, 3.63) is 61.0 Å². The van der Waals surface area contributed by atoms with Gasteiger partial charge in [-0.05, 0) is 24.5 Å². The predicted octanol–water partition coefficient (Wildman–Crippen LogP) is 3.33. The molecule has 1 N–H and O–H groups in total. The van der Waals surface area contributed by atoms with E-state index >= 15 is 0 Å². The fourth-order valence-electron chi connectivity index (χ4n) is 3.51. The van der Waals surface area contributed by atoms with Crippen molar-refractivity contribution < 1.29 is 4.74 Å². The number of hydrogen-bond donors (Lipinski definition) is 1. The van der Waals surface area contributed by atoms with Crippen LogP contribution in [0, 0.1) is 11.8 Å². The van der Waals surface area contributed by atoms with Gasteiger partial charge in [-0.2, -0.15) is 0 Å². The molecule has 1 saturated heterocycles. The molecule has 3 nitrogen and oxygen atoms in total. The molecule has 1 aromatic heterocycles. The summed E-state index contributed by atoms with van der Waals surface area (Å²) in [6, 6.07) is 8.22. The molecule has 0 spiro atoms. The van der Waals surface area contributed by atoms with E-state index in [4.69, 9.17) is 4.74 Å². The Kier molecular flexibility index (Phi) is 3.65. The lowest BCUT2D eigenvalue weighted by molar-refractivity contribution is 0.152. The molecular weight excluding hydrogens is 272 g/mol. The number of fused-ring (bicyclic) bond motifs is 1. The van der Waals surface area contributed by atoms with Crippen molar-refractivity contribution in [2.45, 2.75) is 12.5 Å². The molecule has 1 aliphatic heterocycles. The molecule has 0 amide bonds. The fourth-order valence-corrected chi connectivity index (χ4v) is 3.51. The van der Waals surface area contributed by atoms with Crippen LogP contribution in [0.15, 0.2) is 61.0 Å². The zero-order valence-electron chi connectivity index (χ0n) is 12.5. The van der Waals surface area contributed by atoms with Gasteiger partial charge in [-0.1, -0.05) is 36.4 Å². The molecule has 1 unspecified atom stereocenters. The van der Waals surface area contributed by atoms with Crippen LogP contribution in [0.4, 0.5) is 0 Å². The molecule has 0 radical (unpaired) electrons. The van der Waals surface area contributed by atoms with E-state index in [9.17, 15) is 0 Å². The largest absolute Gasteiger partial charge is 0.488 e. The van der Waals surface area contributed by atoms with Gasteiger partial charge in [0.1, 0.15) is 11.9 Å². The highest BCUT2D eigenvalue weighted by molar-refractivity contribution is 5.87. The van der Waals surface area contributed by atoms with Crippen molar-refractivity contribution in [2.75, 3.05) is 13.1 Å². The third-order valence-corrected chi connectivity index (χ3v) is 4.69. The quantitative estimate of drug-likeness (QED) is 0.942. The third-order valence-electron chi connectivity index (χ3n) is 4.69. The maximum atomic E-state index is 6.41. The van der Waals surface area contributed by atoms with Gasteiger partial charge in [-0.3, -0.25) is 4.98 Å². The van der Waals surface area contributed by atoms with Crippen LogP contribution in [0.25, 0.3) is 10.8 Å². The monoisotopic (exact) mass is 292 g/mol. The molecule has 0 saturated carbocycles. The first kappa shape index (κ1) is 13.5. The molecule has 2 heterocycles. The maximum absolute atomic E-state index is 6.41. The highest BCUT2D eigenvalue weighted by atomic mass is 16.5. The van der Waals surface area contributed by atoms with Gasteiger partial charge in [0.15, 0.2) is 0 Å². The van der Waals surface area contributed by atoms with Crippen LogP contribution in [0.1, 0.15) is 6.42 Å². The molecule has 1 aromatic carbocycles. The van der Waals surface area contributed by atoms with E-state index in [-0.39, 0.29) is 6.10 Å². The van der Waals surface area contributed by atoms with Gasteiger partial charge in [-0.15, -0.1) is 0 Å². The summed E-state index contributed by atoms with van der Waals surface area (Å²) in [7, 11) is 0. The lowest BCUT2D eigenvalue weighted by atomic mass is 9.85. The van der Waals surface area contributed by atoms with Crippen molar-refractivity contribution in [3.63, 3.8) is 0 Å². The average Bonchev–Trinajstić information content (AvgIpc) is 3.04. The van der Waals surface area contributed by atoms with E-state index < -0.39 is 0 Å². The average molecular weight is 292 g/mol. The molecule has 2 aliphatic rings. The van der Waals surface area contributed by atoms with Gasteiger partial charge in [0.2, 0.25) is 0 Å². The second-order valence-electron chi connectivity index (χ2n) is 6.04. The second kappa shape index (κ2) is 5.93. The molecule has 3 atom stereocenters. The lowest BCUT2D eigenvalue weighted by Gasteiger charge is -2.27. The number of nitrogens with zero attached hydrogens (tertiary/aromatic N) is 1. The summed E-state index contributed by atoms with van der Waals surface area (Å²) in [5.41, 5.74) is 0. The Morgan fingerprint density at radius 2 is 2.14 bits per heavy atom. The number of benzene rings is 1. The molecule has 4 rings (SSSR count). The molecule has 22 heavy (non-hydrogen) atoms. The Balaban J connectivity index is 1.59. The molecule has 1 fully saturated rings. The molecule has 112 valence electrons. The van der Waals surface area contributed by atoms with Gasteiger partial charge < -0.3 is 10.1 Å². The van der Waals surface area contributed by atoms with Gasteiger partial charge in [0, 0.05) is 42.2 Å². The molecule has 2 aromatic rings. The highest BCUT2D eigenvalue weighted by Crippen LogP contribution is 2.32. The second-order valence-corrected chi connectivity index (χ2v) is 6.04. The Morgan fingerprint density at radius 1 is 1.14 bits per heavy atom. The Morgan fingerprint density at radius 3 is 3.05 bits per heavy atom. The Bertz CT molecular complexity index is 717. The summed E-state index contributed by atoms with van der Waals surface area (Å²) < 4.78 is 6.41. The third kappa shape index (κ3) is 2.53. The Hall–Kier alpha value is -2.13. The van der Waals surface area contributed by atoms with Gasteiger partial charge in [0.05, 0.1) is 0 Å². The van der Waals surface area contributed by atoms with Gasteiger partial charge in [0.25, 0.3) is 0 Å². The number of nitrogens with one attached hydrogen (secondary N) is 1. The van der Waals surface area contributed by atoms with E-state index in [1.54, 1.807) is 0 Å². The summed E-state index contributed by atoms with van der Waals surface area (Å²) in [5.74, 6) is 2.06. The normalized spacial score (nSPS) is 27.4. The van der Waals surface area contributed by atoms with Gasteiger partial charge >= 0.3 is 0 Å². The number of allylic oxidation sites excluding steroid dienone is 4. The number of ether oxygens (including phenoxy) is 1. The van der Waals surface area contributed by atoms with Crippen LogP contribution < -0.4 is 10.1 Å². The molecule has 0 bridgehead atoms. The lowest BCUT2D eigenvalue weighted by Crippen LogP contribution is -2.31. The van der Waals surface area contributed by atoms with E-state index in [2.05, 4.69) is 46.7 Å². The van der Waals surface area contributed by atoms with Crippen molar-refractivity contribution >= 4 is 10.8 Å². The minimum atomic E-state index is 0.222. The summed E-state index contributed by atoms with van der Waals surface area (Å²) in [6.07, 6.45) is 13.9. The van der Waals surface area contributed by atoms with E-state index in [0.29, 0.717) is 11.8 Å². The SMILES string of the molecule is C1=CCC([C@@H]2CNC[C@@H]2Oc2cccc3cnccc23)C=C1. The first-order chi connectivity index (χ1) is 10.9. The van der Waals surface area contributed by atoms with Crippen LogP contribution in [-0.2, 0) is 0 Å². The zero-order chi connectivity index (χ0) is 14.8. The van der Waals surface area contributed by atoms with Crippen molar-refractivity contribution in [3.8, 4) is 5.75 Å². The fraction of sp³-hybridized carbons (Fsp3) is 0.316. The number of aromatic nitrogens is 1. The number of rotatable bonds is 3. The minimum absolute atomic E-state index is 0.222. The zero-order valence-corrected chi connectivity index (χ0v) is 12.5. The summed E-state index contributed by atoms with van der Waals surface area (Å²) in [4.78, 5) is 4.19. The predicted molar refractivity (Wildman–Crippen MR) is 88.9 cm³/mol. The first-order valence-corrected chi connectivity index (χ1v) is 7.95. The van der Waals surface area contributed by atoms with E-state index in [1.165, 1.54) is 0 Å². The van der Waals surface area contributed by atoms with Crippen molar-refractivity contribution in [2.24, 2.45) is 11.8 Å². The molecule has 3 heteroatoms. The summed E-state index contributed by atoms with van der Waals surface area (Å²) >= 11 is 0. The maximum Gasteiger partial charge on any atom is 0.127 e. The van der Waals surface area contributed by atoms with Crippen molar-refractivity contribution in [1.82, 2.24) is 10.3 Å². The van der Waals surface area contributed by atoms with Crippen LogP contribution in [0.2, 0.25) is 0 Å². The van der Waals surface area contributed by atoms with E-state index in [1.807, 2.05) is 24.5 Å². The highest BCUT2D eigenvalue weighted by Gasteiger charge is 2.34. The molecule has 1 aliphatic carbocycles. The minimum Gasteiger partial charge on any atom is -0.488 e. The van der Waals surface area contributed by atoms with Crippen LogP contribution in [-0.4, -0.2) is 24.2 Å².